The lowest BCUT2D eigenvalue weighted by molar-refractivity contribution is 0.0601. The molecule has 4 aromatic rings. The van der Waals surface area contributed by atoms with E-state index in [2.05, 4.69) is 12.1 Å². The largest absolute Gasteiger partial charge is 0.465 e. The van der Waals surface area contributed by atoms with Gasteiger partial charge in [0.25, 0.3) is 5.56 Å². The molecule has 4 nitrogen and oxygen atoms in total. The molecule has 0 saturated carbocycles. The maximum absolute atomic E-state index is 13.0. The summed E-state index contributed by atoms with van der Waals surface area (Å²) in [4.78, 5) is 24.9. The Morgan fingerprint density at radius 2 is 1.77 bits per heavy atom. The molecule has 0 aliphatic heterocycles. The van der Waals surface area contributed by atoms with E-state index in [1.807, 2.05) is 69.5 Å². The van der Waals surface area contributed by atoms with E-state index >= 15 is 0 Å². The summed E-state index contributed by atoms with van der Waals surface area (Å²) in [5.41, 5.74) is 5.74. The van der Waals surface area contributed by atoms with Gasteiger partial charge in [0.2, 0.25) is 0 Å². The van der Waals surface area contributed by atoms with Gasteiger partial charge in [0.1, 0.15) is 7.85 Å². The van der Waals surface area contributed by atoms with Crippen LogP contribution < -0.4 is 11.0 Å². The van der Waals surface area contributed by atoms with E-state index in [0.717, 1.165) is 27.6 Å². The Kier molecular flexibility index (Phi) is 5.28. The highest BCUT2D eigenvalue weighted by Gasteiger charge is 2.11. The van der Waals surface area contributed by atoms with E-state index in [9.17, 15) is 9.59 Å². The van der Waals surface area contributed by atoms with Gasteiger partial charge in [-0.1, -0.05) is 41.9 Å². The first-order valence-electron chi connectivity index (χ1n) is 9.84. The van der Waals surface area contributed by atoms with Crippen LogP contribution >= 0.6 is 0 Å². The predicted octanol–water partition coefficient (Wildman–Crippen LogP) is 3.07. The van der Waals surface area contributed by atoms with Crippen molar-refractivity contribution in [1.82, 2.24) is 4.57 Å². The monoisotopic (exact) mass is 395 g/mol. The van der Waals surface area contributed by atoms with E-state index in [4.69, 9.17) is 4.74 Å². The summed E-state index contributed by atoms with van der Waals surface area (Å²) in [5.74, 6) is -0.365. The number of carbonyl (C=O) groups is 1. The molecule has 0 spiro atoms. The van der Waals surface area contributed by atoms with Crippen molar-refractivity contribution in [3.05, 3.63) is 100.0 Å². The smallest absolute Gasteiger partial charge is 0.337 e. The molecule has 0 atom stereocenters. The van der Waals surface area contributed by atoms with Crippen LogP contribution in [0, 0.1) is 6.92 Å². The lowest BCUT2D eigenvalue weighted by Gasteiger charge is -2.11. The molecule has 0 aliphatic carbocycles. The van der Waals surface area contributed by atoms with Crippen LogP contribution in [0.4, 0.5) is 0 Å². The number of methoxy groups -OCH3 is 1. The molecular formula is C25H22BNO3. The van der Waals surface area contributed by atoms with Crippen LogP contribution in [0.2, 0.25) is 0 Å². The molecule has 1 heterocycles. The maximum atomic E-state index is 13.0. The predicted molar refractivity (Wildman–Crippen MR) is 123 cm³/mol. The summed E-state index contributed by atoms with van der Waals surface area (Å²) in [5, 5.41) is 1.55. The van der Waals surface area contributed by atoms with E-state index in [0.29, 0.717) is 17.5 Å². The van der Waals surface area contributed by atoms with Crippen molar-refractivity contribution in [3.8, 4) is 11.1 Å². The highest BCUT2D eigenvalue weighted by Crippen LogP contribution is 2.27. The minimum absolute atomic E-state index is 0.0142. The highest BCUT2D eigenvalue weighted by atomic mass is 16.5. The number of aromatic nitrogens is 1. The van der Waals surface area contributed by atoms with E-state index in [1.54, 1.807) is 10.6 Å². The van der Waals surface area contributed by atoms with Crippen molar-refractivity contribution in [2.75, 3.05) is 7.11 Å². The first-order valence-corrected chi connectivity index (χ1v) is 9.84. The molecular weight excluding hydrogens is 373 g/mol. The quantitative estimate of drug-likeness (QED) is 0.394. The van der Waals surface area contributed by atoms with E-state index in [-0.39, 0.29) is 11.5 Å². The third-order valence-electron chi connectivity index (χ3n) is 5.42. The van der Waals surface area contributed by atoms with Gasteiger partial charge < -0.3 is 9.30 Å². The zero-order valence-electron chi connectivity index (χ0n) is 17.3. The summed E-state index contributed by atoms with van der Waals surface area (Å²) in [6, 6.07) is 21.5. The molecule has 0 amide bonds. The van der Waals surface area contributed by atoms with E-state index < -0.39 is 0 Å². The van der Waals surface area contributed by atoms with Crippen molar-refractivity contribution in [1.29, 1.82) is 0 Å². The van der Waals surface area contributed by atoms with Crippen LogP contribution in [0.1, 0.15) is 21.5 Å². The maximum Gasteiger partial charge on any atom is 0.337 e. The SMILES string of the molecule is Bc1ccc(Cn2ccc3cc(-c4cc(C(=O)OC)ccc4C)ccc3c2=O)cc1. The fourth-order valence-corrected chi connectivity index (χ4v) is 3.65. The van der Waals surface area contributed by atoms with Crippen LogP contribution in [0.25, 0.3) is 21.9 Å². The average molecular weight is 395 g/mol. The number of carbonyl (C=O) groups excluding carboxylic acids is 1. The first kappa shape index (κ1) is 19.7. The second kappa shape index (κ2) is 8.03. The molecule has 0 radical (unpaired) electrons. The summed E-state index contributed by atoms with van der Waals surface area (Å²) in [7, 11) is 3.42. The average Bonchev–Trinajstić information content (AvgIpc) is 2.76. The number of rotatable bonds is 4. The number of hydrogen-bond donors (Lipinski definition) is 0. The van der Waals surface area contributed by atoms with Crippen molar-refractivity contribution in [3.63, 3.8) is 0 Å². The van der Waals surface area contributed by atoms with Crippen molar-refractivity contribution in [2.24, 2.45) is 0 Å². The van der Waals surface area contributed by atoms with Crippen LogP contribution in [0.3, 0.4) is 0 Å². The number of esters is 1. The first-order chi connectivity index (χ1) is 14.5. The standard InChI is InChI=1S/C25H22BNO3/c1-16-3-6-20(25(29)30-2)14-23(16)18-7-10-22-19(13-18)11-12-27(24(22)28)15-17-4-8-21(26)9-5-17/h3-14H,15,26H2,1-2H3. The zero-order chi connectivity index (χ0) is 21.3. The number of fused-ring (bicyclic) bond motifs is 1. The molecule has 5 heteroatoms. The summed E-state index contributed by atoms with van der Waals surface area (Å²) >= 11 is 0. The molecule has 0 N–H and O–H groups in total. The Hall–Kier alpha value is -3.60. The van der Waals surface area contributed by atoms with Gasteiger partial charge in [-0.15, -0.1) is 0 Å². The molecule has 0 fully saturated rings. The van der Waals surface area contributed by atoms with Crippen LogP contribution in [0.15, 0.2) is 77.7 Å². The van der Waals surface area contributed by atoms with Crippen molar-refractivity contribution in [2.45, 2.75) is 13.5 Å². The Morgan fingerprint density at radius 3 is 2.50 bits per heavy atom. The lowest BCUT2D eigenvalue weighted by atomic mass is 9.95. The summed E-state index contributed by atoms with van der Waals surface area (Å²) in [6.07, 6.45) is 1.84. The Balaban J connectivity index is 1.73. The third-order valence-corrected chi connectivity index (χ3v) is 5.42. The fraction of sp³-hybridized carbons (Fsp3) is 0.120. The molecule has 3 aromatic carbocycles. The van der Waals surface area contributed by atoms with Gasteiger partial charge in [-0.25, -0.2) is 4.79 Å². The van der Waals surface area contributed by atoms with Crippen LogP contribution in [-0.4, -0.2) is 25.5 Å². The van der Waals surface area contributed by atoms with Crippen molar-refractivity contribution < 1.29 is 9.53 Å². The van der Waals surface area contributed by atoms with Gasteiger partial charge >= 0.3 is 5.97 Å². The van der Waals surface area contributed by atoms with E-state index in [1.165, 1.54) is 12.6 Å². The number of aryl methyl sites for hydroxylation is 1. The highest BCUT2D eigenvalue weighted by molar-refractivity contribution is 6.32. The number of nitrogens with zero attached hydrogens (tertiary/aromatic N) is 1. The van der Waals surface area contributed by atoms with Gasteiger partial charge in [0.05, 0.1) is 19.2 Å². The van der Waals surface area contributed by atoms with Gasteiger partial charge in [-0.2, -0.15) is 0 Å². The van der Waals surface area contributed by atoms with Gasteiger partial charge in [0.15, 0.2) is 0 Å². The van der Waals surface area contributed by atoms with Crippen LogP contribution in [-0.2, 0) is 11.3 Å². The minimum Gasteiger partial charge on any atom is -0.465 e. The molecule has 0 aliphatic rings. The van der Waals surface area contributed by atoms with Gasteiger partial charge in [-0.05, 0) is 64.9 Å². The molecule has 0 bridgehead atoms. The normalized spacial score (nSPS) is 10.9. The number of ether oxygens (including phenoxy) is 1. The summed E-state index contributed by atoms with van der Waals surface area (Å²) < 4.78 is 6.57. The van der Waals surface area contributed by atoms with Crippen molar-refractivity contribution >= 4 is 30.1 Å². The summed E-state index contributed by atoms with van der Waals surface area (Å²) in [6.45, 7) is 2.54. The lowest BCUT2D eigenvalue weighted by Crippen LogP contribution is -2.20. The van der Waals surface area contributed by atoms with Gasteiger partial charge in [-0.3, -0.25) is 4.79 Å². The Bertz CT molecular complexity index is 1310. The second-order valence-electron chi connectivity index (χ2n) is 7.56. The number of benzene rings is 3. The second-order valence-corrected chi connectivity index (χ2v) is 7.56. The third kappa shape index (κ3) is 3.79. The minimum atomic E-state index is -0.365. The molecule has 148 valence electrons. The molecule has 4 rings (SSSR count). The Labute approximate surface area is 176 Å². The molecule has 1 aromatic heterocycles. The molecule has 0 saturated heterocycles. The van der Waals surface area contributed by atoms with Gasteiger partial charge in [0, 0.05) is 11.6 Å². The Morgan fingerprint density at radius 1 is 1.00 bits per heavy atom. The molecule has 0 unspecified atom stereocenters. The topological polar surface area (TPSA) is 48.3 Å². The fourth-order valence-electron chi connectivity index (χ4n) is 3.65. The number of hydrogen-bond acceptors (Lipinski definition) is 3. The zero-order valence-corrected chi connectivity index (χ0v) is 17.3. The number of pyridine rings is 1. The van der Waals surface area contributed by atoms with Crippen LogP contribution in [0.5, 0.6) is 0 Å². The molecule has 30 heavy (non-hydrogen) atoms.